The number of nitrogens with one attached hydrogen (secondary N) is 1. The fourth-order valence-electron chi connectivity index (χ4n) is 2.13. The number of carboxylic acids is 2. The third kappa shape index (κ3) is 7.13. The molecule has 7 nitrogen and oxygen atoms in total. The van der Waals surface area contributed by atoms with Crippen molar-refractivity contribution in [3.05, 3.63) is 35.9 Å². The van der Waals surface area contributed by atoms with Gasteiger partial charge in [0.15, 0.2) is 0 Å². The molecule has 2 atom stereocenters. The van der Waals surface area contributed by atoms with Gasteiger partial charge in [0.2, 0.25) is 0 Å². The van der Waals surface area contributed by atoms with E-state index in [2.05, 4.69) is 5.32 Å². The minimum Gasteiger partial charge on any atom is -0.481 e. The van der Waals surface area contributed by atoms with E-state index in [1.54, 1.807) is 45.0 Å². The Labute approximate surface area is 140 Å². The van der Waals surface area contributed by atoms with Gasteiger partial charge in [-0.25, -0.2) is 9.59 Å². The number of carbonyl (C=O) groups excluding carboxylic acids is 1. The second kappa shape index (κ2) is 8.33. The molecule has 1 aromatic rings. The van der Waals surface area contributed by atoms with Gasteiger partial charge in [-0.05, 0) is 39.2 Å². The van der Waals surface area contributed by atoms with E-state index in [0.717, 1.165) is 5.56 Å². The Kier molecular flexibility index (Phi) is 6.76. The summed E-state index contributed by atoms with van der Waals surface area (Å²) in [6.45, 7) is 4.95. The molecule has 0 aliphatic rings. The molecule has 132 valence electrons. The van der Waals surface area contributed by atoms with E-state index >= 15 is 0 Å². The second-order valence-corrected chi connectivity index (χ2v) is 6.50. The number of carbonyl (C=O) groups is 3. The summed E-state index contributed by atoms with van der Waals surface area (Å²) in [5.74, 6) is -3.36. The SMILES string of the molecule is CC(C)(C)OC(=O)N[C@@H](CC(Cc1ccccc1)C(=O)O)C(=O)O. The summed E-state index contributed by atoms with van der Waals surface area (Å²) in [4.78, 5) is 34.5. The van der Waals surface area contributed by atoms with E-state index in [1.165, 1.54) is 0 Å². The van der Waals surface area contributed by atoms with Gasteiger partial charge in [-0.2, -0.15) is 0 Å². The molecular weight excluding hydrogens is 314 g/mol. The van der Waals surface area contributed by atoms with Gasteiger partial charge in [0.1, 0.15) is 11.6 Å². The molecule has 1 rings (SSSR count). The number of hydrogen-bond donors (Lipinski definition) is 3. The number of alkyl carbamates (subject to hydrolysis) is 1. The van der Waals surface area contributed by atoms with Crippen molar-refractivity contribution in [3.8, 4) is 0 Å². The van der Waals surface area contributed by atoms with Crippen LogP contribution in [0.15, 0.2) is 30.3 Å². The van der Waals surface area contributed by atoms with Gasteiger partial charge in [0.05, 0.1) is 5.92 Å². The minimum absolute atomic E-state index is 0.177. The molecule has 0 aliphatic carbocycles. The van der Waals surface area contributed by atoms with Crippen LogP contribution in [0.1, 0.15) is 32.8 Å². The largest absolute Gasteiger partial charge is 0.481 e. The molecule has 1 aromatic carbocycles. The zero-order valence-corrected chi connectivity index (χ0v) is 14.0. The lowest BCUT2D eigenvalue weighted by molar-refractivity contribution is -0.144. The molecule has 24 heavy (non-hydrogen) atoms. The summed E-state index contributed by atoms with van der Waals surface area (Å²) in [6, 6.07) is 7.57. The van der Waals surface area contributed by atoms with Gasteiger partial charge in [-0.1, -0.05) is 30.3 Å². The third-order valence-electron chi connectivity index (χ3n) is 3.18. The predicted molar refractivity (Wildman–Crippen MR) is 86.7 cm³/mol. The Morgan fingerprint density at radius 2 is 1.67 bits per heavy atom. The highest BCUT2D eigenvalue weighted by Gasteiger charge is 2.30. The van der Waals surface area contributed by atoms with Crippen LogP contribution in [-0.2, 0) is 20.7 Å². The molecule has 7 heteroatoms. The molecule has 0 saturated heterocycles. The van der Waals surface area contributed by atoms with Crippen LogP contribution in [0.5, 0.6) is 0 Å². The number of hydrogen-bond acceptors (Lipinski definition) is 4. The maximum atomic E-state index is 11.7. The highest BCUT2D eigenvalue weighted by Crippen LogP contribution is 2.16. The van der Waals surface area contributed by atoms with Gasteiger partial charge in [0.25, 0.3) is 0 Å². The van der Waals surface area contributed by atoms with Gasteiger partial charge >= 0.3 is 18.0 Å². The van der Waals surface area contributed by atoms with Crippen molar-refractivity contribution in [3.63, 3.8) is 0 Å². The lowest BCUT2D eigenvalue weighted by atomic mass is 9.93. The number of aliphatic carboxylic acids is 2. The first kappa shape index (κ1) is 19.5. The minimum atomic E-state index is -1.34. The molecule has 0 spiro atoms. The van der Waals surface area contributed by atoms with Crippen molar-refractivity contribution in [2.24, 2.45) is 5.92 Å². The van der Waals surface area contributed by atoms with Crippen LogP contribution in [-0.4, -0.2) is 39.9 Å². The second-order valence-electron chi connectivity index (χ2n) is 6.50. The Morgan fingerprint density at radius 1 is 1.08 bits per heavy atom. The van der Waals surface area contributed by atoms with Crippen molar-refractivity contribution < 1.29 is 29.3 Å². The van der Waals surface area contributed by atoms with Crippen molar-refractivity contribution in [1.29, 1.82) is 0 Å². The Hall–Kier alpha value is -2.57. The molecule has 0 aromatic heterocycles. The number of benzene rings is 1. The van der Waals surface area contributed by atoms with Crippen LogP contribution in [0.25, 0.3) is 0 Å². The summed E-state index contributed by atoms with van der Waals surface area (Å²) in [5.41, 5.74) is 0.00919. The monoisotopic (exact) mass is 337 g/mol. The number of ether oxygens (including phenoxy) is 1. The maximum Gasteiger partial charge on any atom is 0.408 e. The summed E-state index contributed by atoms with van der Waals surface area (Å²) in [5, 5.41) is 20.8. The molecule has 3 N–H and O–H groups in total. The van der Waals surface area contributed by atoms with Gasteiger partial charge in [0, 0.05) is 0 Å². The van der Waals surface area contributed by atoms with Crippen LogP contribution in [0.3, 0.4) is 0 Å². The first-order valence-corrected chi connectivity index (χ1v) is 7.57. The number of amides is 1. The lowest BCUT2D eigenvalue weighted by Gasteiger charge is -2.23. The van der Waals surface area contributed by atoms with E-state index < -0.39 is 35.6 Å². The lowest BCUT2D eigenvalue weighted by Crippen LogP contribution is -2.45. The standard InChI is InChI=1S/C17H23NO6/c1-17(2,3)24-16(23)18-13(15(21)22)10-12(14(19)20)9-11-7-5-4-6-8-11/h4-8,12-13H,9-10H2,1-3H3,(H,18,23)(H,19,20)(H,21,22)/t12?,13-/m0/s1. The molecule has 0 bridgehead atoms. The highest BCUT2D eigenvalue weighted by atomic mass is 16.6. The summed E-state index contributed by atoms with van der Waals surface area (Å²) in [7, 11) is 0. The predicted octanol–water partition coefficient (Wildman–Crippen LogP) is 2.30. The van der Waals surface area contributed by atoms with E-state index in [-0.39, 0.29) is 12.8 Å². The number of carboxylic acid groups (broad SMARTS) is 2. The van der Waals surface area contributed by atoms with Crippen LogP contribution in [0.2, 0.25) is 0 Å². The van der Waals surface area contributed by atoms with E-state index in [9.17, 15) is 24.6 Å². The maximum absolute atomic E-state index is 11.7. The molecule has 0 radical (unpaired) electrons. The average molecular weight is 337 g/mol. The zero-order valence-electron chi connectivity index (χ0n) is 14.0. The molecule has 0 saturated carbocycles. The van der Waals surface area contributed by atoms with Crippen LogP contribution in [0, 0.1) is 5.92 Å². The van der Waals surface area contributed by atoms with Crippen molar-refractivity contribution in [2.75, 3.05) is 0 Å². The van der Waals surface area contributed by atoms with Crippen LogP contribution in [0.4, 0.5) is 4.79 Å². The Morgan fingerprint density at radius 3 is 2.12 bits per heavy atom. The van der Waals surface area contributed by atoms with Crippen LogP contribution >= 0.6 is 0 Å². The normalized spacial score (nSPS) is 13.6. The molecular formula is C17H23NO6. The first-order valence-electron chi connectivity index (χ1n) is 7.57. The van der Waals surface area contributed by atoms with E-state index in [4.69, 9.17) is 4.74 Å². The summed E-state index contributed by atoms with van der Waals surface area (Å²) < 4.78 is 5.02. The van der Waals surface area contributed by atoms with Gasteiger partial charge in [-0.15, -0.1) is 0 Å². The smallest absolute Gasteiger partial charge is 0.408 e. The Balaban J connectivity index is 2.77. The topological polar surface area (TPSA) is 113 Å². The molecule has 0 heterocycles. The third-order valence-corrected chi connectivity index (χ3v) is 3.18. The molecule has 0 aliphatic heterocycles. The first-order chi connectivity index (χ1) is 11.1. The molecule has 1 unspecified atom stereocenters. The quantitative estimate of drug-likeness (QED) is 0.703. The molecule has 1 amide bonds. The van der Waals surface area contributed by atoms with E-state index in [0.29, 0.717) is 0 Å². The van der Waals surface area contributed by atoms with Gasteiger partial charge < -0.3 is 20.3 Å². The van der Waals surface area contributed by atoms with E-state index in [1.807, 2.05) is 6.07 Å². The van der Waals surface area contributed by atoms with Crippen molar-refractivity contribution in [2.45, 2.75) is 45.3 Å². The summed E-state index contributed by atoms with van der Waals surface area (Å²) in [6.07, 6.45) is -0.951. The Bertz CT molecular complexity index is 578. The van der Waals surface area contributed by atoms with Crippen molar-refractivity contribution >= 4 is 18.0 Å². The fraction of sp³-hybridized carbons (Fsp3) is 0.471. The number of rotatable bonds is 7. The average Bonchev–Trinajstić information content (AvgIpc) is 2.44. The van der Waals surface area contributed by atoms with Crippen molar-refractivity contribution in [1.82, 2.24) is 5.32 Å². The van der Waals surface area contributed by atoms with Crippen LogP contribution < -0.4 is 5.32 Å². The molecule has 0 fully saturated rings. The summed E-state index contributed by atoms with van der Waals surface area (Å²) >= 11 is 0. The highest BCUT2D eigenvalue weighted by molar-refractivity contribution is 5.81. The zero-order chi connectivity index (χ0) is 18.3. The van der Waals surface area contributed by atoms with Gasteiger partial charge in [-0.3, -0.25) is 4.79 Å². The fourth-order valence-corrected chi connectivity index (χ4v) is 2.13.